The van der Waals surface area contributed by atoms with E-state index in [4.69, 9.17) is 9.47 Å². The first-order valence-electron chi connectivity index (χ1n) is 8.28. The summed E-state index contributed by atoms with van der Waals surface area (Å²) in [5, 5.41) is 5.11. The average molecular weight is 443 g/mol. The van der Waals surface area contributed by atoms with Crippen molar-refractivity contribution in [3.05, 3.63) is 16.0 Å². The van der Waals surface area contributed by atoms with Crippen LogP contribution in [0, 0.1) is 3.70 Å². The molecular weight excluding hydrogens is 421 g/mol. The molecule has 0 unspecified atom stereocenters. The Labute approximate surface area is 155 Å². The predicted octanol–water partition coefficient (Wildman–Crippen LogP) is 4.53. The van der Waals surface area contributed by atoms with E-state index in [0.29, 0.717) is 15.1 Å². The van der Waals surface area contributed by atoms with E-state index in [1.807, 2.05) is 20.8 Å². The first kappa shape index (κ1) is 17.4. The highest BCUT2D eigenvalue weighted by Crippen LogP contribution is 2.31. The molecular formula is C17H22IN3O3. The number of ether oxygens (including phenoxy) is 2. The third kappa shape index (κ3) is 3.81. The van der Waals surface area contributed by atoms with Gasteiger partial charge in [-0.25, -0.2) is 9.78 Å². The van der Waals surface area contributed by atoms with Crippen LogP contribution in [0.2, 0.25) is 0 Å². The van der Waals surface area contributed by atoms with Crippen molar-refractivity contribution in [2.24, 2.45) is 0 Å². The number of rotatable bonds is 2. The molecule has 0 aliphatic heterocycles. The number of aromatic nitrogens is 3. The van der Waals surface area contributed by atoms with E-state index >= 15 is 0 Å². The molecule has 2 aromatic rings. The smallest absolute Gasteiger partial charge is 0.435 e. The summed E-state index contributed by atoms with van der Waals surface area (Å²) in [6, 6.07) is 1.77. The lowest BCUT2D eigenvalue weighted by molar-refractivity contribution is 0.0522. The Balaban J connectivity index is 1.94. The molecule has 2 aromatic heterocycles. The van der Waals surface area contributed by atoms with Crippen LogP contribution in [-0.4, -0.2) is 32.6 Å². The van der Waals surface area contributed by atoms with Crippen LogP contribution >= 0.6 is 22.6 Å². The molecule has 0 spiro atoms. The van der Waals surface area contributed by atoms with Crippen LogP contribution in [0.1, 0.15) is 52.9 Å². The minimum absolute atomic E-state index is 0.192. The standard InChI is InChI=1S/C17H22IN3O3/c1-17(2,3)24-16(22)21-12-9-10-19-15(13(12)14(18)20-21)23-11-7-5-4-6-8-11/h9-11H,4-8H2,1-3H3. The van der Waals surface area contributed by atoms with Crippen molar-refractivity contribution in [2.45, 2.75) is 64.6 Å². The number of carbonyl (C=O) groups is 1. The van der Waals surface area contributed by atoms with Crippen LogP contribution in [0.5, 0.6) is 5.88 Å². The second kappa shape index (κ2) is 6.85. The molecule has 1 fully saturated rings. The summed E-state index contributed by atoms with van der Waals surface area (Å²) in [6.07, 6.45) is 7.10. The van der Waals surface area contributed by atoms with E-state index in [2.05, 4.69) is 32.7 Å². The molecule has 0 atom stereocenters. The summed E-state index contributed by atoms with van der Waals surface area (Å²) < 4.78 is 13.5. The molecule has 130 valence electrons. The first-order chi connectivity index (χ1) is 11.3. The number of halogens is 1. The van der Waals surface area contributed by atoms with E-state index in [-0.39, 0.29) is 6.10 Å². The molecule has 0 bridgehead atoms. The zero-order chi connectivity index (χ0) is 17.3. The highest BCUT2D eigenvalue weighted by molar-refractivity contribution is 14.1. The molecule has 0 radical (unpaired) electrons. The molecule has 0 saturated heterocycles. The molecule has 1 saturated carbocycles. The van der Waals surface area contributed by atoms with Gasteiger partial charge in [0.05, 0.1) is 10.9 Å². The van der Waals surface area contributed by atoms with E-state index < -0.39 is 11.7 Å². The van der Waals surface area contributed by atoms with Crippen molar-refractivity contribution in [2.75, 3.05) is 0 Å². The van der Waals surface area contributed by atoms with Crippen LogP contribution in [-0.2, 0) is 4.74 Å². The molecule has 0 aromatic carbocycles. The highest BCUT2D eigenvalue weighted by atomic mass is 127. The number of pyridine rings is 1. The Morgan fingerprint density at radius 2 is 2.00 bits per heavy atom. The minimum Gasteiger partial charge on any atom is -0.474 e. The maximum atomic E-state index is 12.4. The largest absolute Gasteiger partial charge is 0.474 e. The van der Waals surface area contributed by atoms with Gasteiger partial charge in [-0.1, -0.05) is 6.42 Å². The molecule has 24 heavy (non-hydrogen) atoms. The number of fused-ring (bicyclic) bond motifs is 1. The van der Waals surface area contributed by atoms with Crippen molar-refractivity contribution in [3.8, 4) is 5.88 Å². The number of hydrogen-bond donors (Lipinski definition) is 0. The van der Waals surface area contributed by atoms with Crippen molar-refractivity contribution in [1.82, 2.24) is 14.8 Å². The lowest BCUT2D eigenvalue weighted by Gasteiger charge is -2.22. The molecule has 0 amide bonds. The van der Waals surface area contributed by atoms with E-state index in [1.165, 1.54) is 23.9 Å². The third-order valence-electron chi connectivity index (χ3n) is 3.91. The minimum atomic E-state index is -0.574. The topological polar surface area (TPSA) is 66.2 Å². The maximum Gasteiger partial charge on any atom is 0.435 e. The van der Waals surface area contributed by atoms with Gasteiger partial charge in [-0.2, -0.15) is 9.78 Å². The molecule has 7 heteroatoms. The Kier molecular flexibility index (Phi) is 4.98. The zero-order valence-electron chi connectivity index (χ0n) is 14.2. The zero-order valence-corrected chi connectivity index (χ0v) is 16.4. The monoisotopic (exact) mass is 443 g/mol. The third-order valence-corrected chi connectivity index (χ3v) is 4.67. The van der Waals surface area contributed by atoms with Gasteiger partial charge in [0.15, 0.2) is 0 Å². The molecule has 6 nitrogen and oxygen atoms in total. The van der Waals surface area contributed by atoms with Gasteiger partial charge in [-0.15, -0.1) is 0 Å². The van der Waals surface area contributed by atoms with Crippen molar-refractivity contribution in [1.29, 1.82) is 0 Å². The number of nitrogens with zero attached hydrogens (tertiary/aromatic N) is 3. The maximum absolute atomic E-state index is 12.4. The summed E-state index contributed by atoms with van der Waals surface area (Å²) in [5.74, 6) is 0.554. The van der Waals surface area contributed by atoms with Crippen molar-refractivity contribution < 1.29 is 14.3 Å². The van der Waals surface area contributed by atoms with E-state index in [0.717, 1.165) is 18.2 Å². The predicted molar refractivity (Wildman–Crippen MR) is 99.4 cm³/mol. The van der Waals surface area contributed by atoms with Crippen molar-refractivity contribution >= 4 is 39.6 Å². The van der Waals surface area contributed by atoms with Gasteiger partial charge < -0.3 is 9.47 Å². The van der Waals surface area contributed by atoms with Crippen LogP contribution in [0.4, 0.5) is 4.79 Å². The fraction of sp³-hybridized carbons (Fsp3) is 0.588. The summed E-state index contributed by atoms with van der Waals surface area (Å²) in [6.45, 7) is 5.50. The summed E-state index contributed by atoms with van der Waals surface area (Å²) in [7, 11) is 0. The van der Waals surface area contributed by atoms with Gasteiger partial charge in [0.1, 0.15) is 15.4 Å². The Morgan fingerprint density at radius 1 is 1.29 bits per heavy atom. The van der Waals surface area contributed by atoms with Gasteiger partial charge in [-0.3, -0.25) is 0 Å². The van der Waals surface area contributed by atoms with Gasteiger partial charge in [0.2, 0.25) is 5.88 Å². The normalized spacial score (nSPS) is 16.3. The SMILES string of the molecule is CC(C)(C)OC(=O)n1nc(I)c2c(OC3CCCCC3)nccc21. The molecule has 3 rings (SSSR count). The van der Waals surface area contributed by atoms with Gasteiger partial charge >= 0.3 is 6.09 Å². The average Bonchev–Trinajstić information content (AvgIpc) is 2.85. The van der Waals surface area contributed by atoms with Crippen molar-refractivity contribution in [3.63, 3.8) is 0 Å². The lowest BCUT2D eigenvalue weighted by Crippen LogP contribution is -2.27. The van der Waals surface area contributed by atoms with Crippen LogP contribution < -0.4 is 4.74 Å². The molecule has 0 N–H and O–H groups in total. The molecule has 1 aliphatic carbocycles. The molecule has 1 aliphatic rings. The van der Waals surface area contributed by atoms with Gasteiger partial charge in [0, 0.05) is 6.20 Å². The Morgan fingerprint density at radius 3 is 2.67 bits per heavy atom. The molecule has 2 heterocycles. The lowest BCUT2D eigenvalue weighted by atomic mass is 9.98. The van der Waals surface area contributed by atoms with Crippen LogP contribution in [0.25, 0.3) is 10.9 Å². The number of hydrogen-bond acceptors (Lipinski definition) is 5. The quantitative estimate of drug-likeness (QED) is 0.639. The second-order valence-electron chi connectivity index (χ2n) is 7.07. The highest BCUT2D eigenvalue weighted by Gasteiger charge is 2.25. The number of carbonyl (C=O) groups excluding carboxylic acids is 1. The van der Waals surface area contributed by atoms with E-state index in [1.54, 1.807) is 12.3 Å². The first-order valence-corrected chi connectivity index (χ1v) is 9.36. The second-order valence-corrected chi connectivity index (χ2v) is 8.09. The van der Waals surface area contributed by atoms with Crippen LogP contribution in [0.3, 0.4) is 0 Å². The summed E-state index contributed by atoms with van der Waals surface area (Å²) in [4.78, 5) is 16.8. The summed E-state index contributed by atoms with van der Waals surface area (Å²) >= 11 is 2.11. The van der Waals surface area contributed by atoms with Gasteiger partial charge in [-0.05, 0) is 75.1 Å². The Hall–Kier alpha value is -1.38. The fourth-order valence-corrected chi connectivity index (χ4v) is 3.59. The van der Waals surface area contributed by atoms with Crippen LogP contribution in [0.15, 0.2) is 12.3 Å². The fourth-order valence-electron chi connectivity index (χ4n) is 2.87. The summed E-state index contributed by atoms with van der Waals surface area (Å²) in [5.41, 5.74) is 0.0874. The van der Waals surface area contributed by atoms with E-state index in [9.17, 15) is 4.79 Å². The Bertz CT molecular complexity index is 745. The van der Waals surface area contributed by atoms with Gasteiger partial charge in [0.25, 0.3) is 0 Å².